The van der Waals surface area contributed by atoms with E-state index in [2.05, 4.69) is 46.4 Å². The second kappa shape index (κ2) is 9.43. The minimum absolute atomic E-state index is 0.0596. The molecule has 0 fully saturated rings. The fraction of sp³-hybridized carbons (Fsp3) is 0.227. The number of nitrogens with one attached hydrogen (secondary N) is 2. The van der Waals surface area contributed by atoms with Crippen LogP contribution >= 0.6 is 0 Å². The molecule has 0 atom stereocenters. The van der Waals surface area contributed by atoms with Gasteiger partial charge in [0.25, 0.3) is 0 Å². The molecule has 0 amide bonds. The molecule has 4 aromatic rings. The number of rotatable bonds is 8. The van der Waals surface area contributed by atoms with Crippen molar-refractivity contribution in [3.8, 4) is 11.4 Å². The summed E-state index contributed by atoms with van der Waals surface area (Å²) in [7, 11) is -3.69. The Hall–Kier alpha value is -3.70. The highest BCUT2D eigenvalue weighted by Gasteiger charge is 2.15. The normalized spacial score (nSPS) is 11.5. The molecule has 0 saturated carbocycles. The lowest BCUT2D eigenvalue weighted by molar-refractivity contribution is 0.580. The zero-order valence-electron chi connectivity index (χ0n) is 18.5. The van der Waals surface area contributed by atoms with Crippen molar-refractivity contribution in [3.05, 3.63) is 72.3 Å². The van der Waals surface area contributed by atoms with Crippen molar-refractivity contribution in [2.24, 2.45) is 0 Å². The van der Waals surface area contributed by atoms with Gasteiger partial charge in [0.15, 0.2) is 0 Å². The number of aromatic nitrogens is 6. The molecular weight excluding hydrogens is 440 g/mol. The van der Waals surface area contributed by atoms with E-state index in [4.69, 9.17) is 0 Å². The van der Waals surface area contributed by atoms with Gasteiger partial charge in [-0.3, -0.25) is 9.97 Å². The molecule has 10 nitrogen and oxygen atoms in total. The molecule has 170 valence electrons. The summed E-state index contributed by atoms with van der Waals surface area (Å²) in [5, 5.41) is 3.11. The number of hydrogen-bond acceptors (Lipinski definition) is 8. The van der Waals surface area contributed by atoms with E-state index in [9.17, 15) is 8.42 Å². The Labute approximate surface area is 192 Å². The summed E-state index contributed by atoms with van der Waals surface area (Å²) in [6.07, 6.45) is 6.61. The van der Waals surface area contributed by atoms with Crippen LogP contribution in [0.15, 0.2) is 60.0 Å². The maximum Gasteiger partial charge on any atom is 0.240 e. The monoisotopic (exact) mass is 464 g/mol. The maximum absolute atomic E-state index is 12.6. The van der Waals surface area contributed by atoms with Crippen molar-refractivity contribution in [2.75, 3.05) is 5.32 Å². The van der Waals surface area contributed by atoms with Gasteiger partial charge in [-0.15, -0.1) is 0 Å². The van der Waals surface area contributed by atoms with Crippen molar-refractivity contribution >= 4 is 21.7 Å². The zero-order valence-corrected chi connectivity index (χ0v) is 19.3. The van der Waals surface area contributed by atoms with Gasteiger partial charge in [-0.25, -0.2) is 28.1 Å². The predicted molar refractivity (Wildman–Crippen MR) is 124 cm³/mol. The predicted octanol–water partition coefficient (Wildman–Crippen LogP) is 2.99. The van der Waals surface area contributed by atoms with Crippen LogP contribution in [0.1, 0.15) is 24.1 Å². The Morgan fingerprint density at radius 3 is 2.42 bits per heavy atom. The van der Waals surface area contributed by atoms with E-state index in [1.165, 1.54) is 12.1 Å². The molecule has 0 aliphatic heterocycles. The van der Waals surface area contributed by atoms with Gasteiger partial charge in [0.2, 0.25) is 16.0 Å². The van der Waals surface area contributed by atoms with Crippen LogP contribution in [0.5, 0.6) is 0 Å². The molecule has 2 N–H and O–H groups in total. The van der Waals surface area contributed by atoms with E-state index in [1.807, 2.05) is 19.9 Å². The standard InChI is InChI=1S/C22H24N8O2S/c1-4-30-16(3)25-14-21(30)20-9-10-23-22(29-20)28-17-5-7-19(8-6-17)33(31,32)27-13-18-12-24-15(2)11-26-18/h5-12,14,27H,4,13H2,1-3H3,(H,23,28,29). The molecule has 0 spiro atoms. The molecule has 3 aromatic heterocycles. The van der Waals surface area contributed by atoms with Gasteiger partial charge < -0.3 is 9.88 Å². The summed E-state index contributed by atoms with van der Waals surface area (Å²) in [5.41, 5.74) is 3.63. The number of imidazole rings is 1. The molecule has 0 unspecified atom stereocenters. The highest BCUT2D eigenvalue weighted by molar-refractivity contribution is 7.89. The number of nitrogens with zero attached hydrogens (tertiary/aromatic N) is 6. The first-order valence-corrected chi connectivity index (χ1v) is 11.8. The molecule has 33 heavy (non-hydrogen) atoms. The number of anilines is 2. The summed E-state index contributed by atoms with van der Waals surface area (Å²) in [4.78, 5) is 21.6. The Morgan fingerprint density at radius 1 is 0.939 bits per heavy atom. The largest absolute Gasteiger partial charge is 0.327 e. The number of hydrogen-bond donors (Lipinski definition) is 2. The summed E-state index contributed by atoms with van der Waals surface area (Å²) < 4.78 is 29.8. The molecule has 4 rings (SSSR count). The first-order chi connectivity index (χ1) is 15.9. The van der Waals surface area contributed by atoms with Crippen molar-refractivity contribution in [1.82, 2.24) is 34.2 Å². The average Bonchev–Trinajstić information content (AvgIpc) is 3.20. The van der Waals surface area contributed by atoms with Crippen LogP contribution in [-0.2, 0) is 23.1 Å². The van der Waals surface area contributed by atoms with E-state index >= 15 is 0 Å². The lowest BCUT2D eigenvalue weighted by Crippen LogP contribution is -2.23. The van der Waals surface area contributed by atoms with Gasteiger partial charge in [-0.05, 0) is 51.1 Å². The quantitative estimate of drug-likeness (QED) is 0.407. The second-order valence-electron chi connectivity index (χ2n) is 7.32. The Bertz CT molecular complexity index is 1350. The third-order valence-corrected chi connectivity index (χ3v) is 6.40. The lowest BCUT2D eigenvalue weighted by atomic mass is 10.3. The first kappa shape index (κ1) is 22.5. The number of sulfonamides is 1. The number of benzene rings is 1. The Balaban J connectivity index is 1.46. The highest BCUT2D eigenvalue weighted by Crippen LogP contribution is 2.21. The van der Waals surface area contributed by atoms with Crippen LogP contribution < -0.4 is 10.0 Å². The molecule has 0 bridgehead atoms. The molecule has 1 aromatic carbocycles. The van der Waals surface area contributed by atoms with Gasteiger partial charge in [0.05, 0.1) is 46.6 Å². The molecule has 0 aliphatic carbocycles. The van der Waals surface area contributed by atoms with Gasteiger partial charge in [0.1, 0.15) is 5.82 Å². The lowest BCUT2D eigenvalue weighted by Gasteiger charge is -2.10. The van der Waals surface area contributed by atoms with E-state index in [0.717, 1.165) is 29.5 Å². The summed E-state index contributed by atoms with van der Waals surface area (Å²) in [6.45, 7) is 6.67. The maximum atomic E-state index is 12.6. The van der Waals surface area contributed by atoms with Gasteiger partial charge in [-0.2, -0.15) is 0 Å². The molecule has 0 aliphatic rings. The zero-order chi connectivity index (χ0) is 23.4. The third kappa shape index (κ3) is 5.21. The van der Waals surface area contributed by atoms with Crippen LogP contribution in [0.4, 0.5) is 11.6 Å². The molecule has 0 saturated heterocycles. The van der Waals surface area contributed by atoms with Gasteiger partial charge >= 0.3 is 0 Å². The fourth-order valence-electron chi connectivity index (χ4n) is 3.24. The van der Waals surface area contributed by atoms with Crippen molar-refractivity contribution in [1.29, 1.82) is 0 Å². The van der Waals surface area contributed by atoms with E-state index in [0.29, 0.717) is 17.3 Å². The van der Waals surface area contributed by atoms with E-state index in [1.54, 1.807) is 36.9 Å². The topological polar surface area (TPSA) is 128 Å². The second-order valence-corrected chi connectivity index (χ2v) is 9.09. The smallest absolute Gasteiger partial charge is 0.240 e. The summed E-state index contributed by atoms with van der Waals surface area (Å²) >= 11 is 0. The average molecular weight is 465 g/mol. The van der Waals surface area contributed by atoms with Crippen molar-refractivity contribution in [3.63, 3.8) is 0 Å². The summed E-state index contributed by atoms with van der Waals surface area (Å²) in [6, 6.07) is 8.19. The fourth-order valence-corrected chi connectivity index (χ4v) is 4.24. The van der Waals surface area contributed by atoms with Crippen molar-refractivity contribution in [2.45, 2.75) is 38.8 Å². The van der Waals surface area contributed by atoms with Crippen LogP contribution in [0.25, 0.3) is 11.4 Å². The van der Waals surface area contributed by atoms with Crippen LogP contribution in [-0.4, -0.2) is 37.9 Å². The van der Waals surface area contributed by atoms with Crippen LogP contribution in [0.3, 0.4) is 0 Å². The van der Waals surface area contributed by atoms with Gasteiger partial charge in [-0.1, -0.05) is 0 Å². The van der Waals surface area contributed by atoms with Crippen LogP contribution in [0.2, 0.25) is 0 Å². The van der Waals surface area contributed by atoms with Crippen molar-refractivity contribution < 1.29 is 8.42 Å². The van der Waals surface area contributed by atoms with E-state index in [-0.39, 0.29) is 11.4 Å². The minimum Gasteiger partial charge on any atom is -0.327 e. The minimum atomic E-state index is -3.69. The number of aryl methyl sites for hydroxylation is 2. The Kier molecular flexibility index (Phi) is 6.43. The molecule has 11 heteroatoms. The SMILES string of the molecule is CCn1c(-c2ccnc(Nc3ccc(S(=O)(=O)NCc4cnc(C)cn4)cc3)n2)cnc1C. The Morgan fingerprint density at radius 2 is 1.73 bits per heavy atom. The molecule has 0 radical (unpaired) electrons. The summed E-state index contributed by atoms with van der Waals surface area (Å²) in [5.74, 6) is 1.32. The third-order valence-electron chi connectivity index (χ3n) is 4.99. The van der Waals surface area contributed by atoms with Crippen LogP contribution in [0, 0.1) is 13.8 Å². The highest BCUT2D eigenvalue weighted by atomic mass is 32.2. The molecule has 3 heterocycles. The van der Waals surface area contributed by atoms with E-state index < -0.39 is 10.0 Å². The van der Waals surface area contributed by atoms with Gasteiger partial charge in [0, 0.05) is 24.6 Å². The molecular formula is C22H24N8O2S. The first-order valence-electron chi connectivity index (χ1n) is 10.4.